The minimum Gasteiger partial charge on any atom is -0.393 e. The maximum Gasteiger partial charge on any atom is 0.160 e. The Morgan fingerprint density at radius 1 is 1.67 bits per heavy atom. The monoisotopic (exact) mass is 225 g/mol. The van der Waals surface area contributed by atoms with Gasteiger partial charge in [-0.2, -0.15) is 0 Å². The van der Waals surface area contributed by atoms with E-state index >= 15 is 0 Å². The third-order valence-corrected chi connectivity index (χ3v) is 4.02. The average Bonchev–Trinajstić information content (AvgIpc) is 2.86. The summed E-state index contributed by atoms with van der Waals surface area (Å²) in [5.41, 5.74) is 0. The minimum atomic E-state index is -0.236. The molecule has 82 valence electrons. The Balaban J connectivity index is 2.04. The van der Waals surface area contributed by atoms with Gasteiger partial charge in [0.2, 0.25) is 0 Å². The van der Waals surface area contributed by atoms with Crippen LogP contribution < -0.4 is 4.90 Å². The first kappa shape index (κ1) is 10.6. The summed E-state index contributed by atoms with van der Waals surface area (Å²) in [6, 6.07) is 3.83. The molecule has 2 rings (SSSR count). The first-order chi connectivity index (χ1) is 7.20. The number of aliphatic hydroxyl groups excluding tert-OH is 1. The summed E-state index contributed by atoms with van der Waals surface area (Å²) < 4.78 is 0. The van der Waals surface area contributed by atoms with Crippen molar-refractivity contribution < 1.29 is 9.90 Å². The molecule has 1 saturated heterocycles. The molecule has 0 bridgehead atoms. The largest absolute Gasteiger partial charge is 0.393 e. The van der Waals surface area contributed by atoms with E-state index in [-0.39, 0.29) is 6.10 Å². The van der Waals surface area contributed by atoms with Crippen LogP contribution in [0, 0.1) is 5.92 Å². The van der Waals surface area contributed by atoms with Crippen molar-refractivity contribution in [1.82, 2.24) is 0 Å². The molecule has 2 atom stereocenters. The second-order valence-corrected chi connectivity index (χ2v) is 5.12. The normalized spacial score (nSPS) is 23.1. The second kappa shape index (κ2) is 4.33. The second-order valence-electron chi connectivity index (χ2n) is 4.03. The number of hydrogen-bond donors (Lipinski definition) is 1. The van der Waals surface area contributed by atoms with Crippen molar-refractivity contribution in [1.29, 1.82) is 0 Å². The van der Waals surface area contributed by atoms with Crippen LogP contribution in [0.1, 0.15) is 23.0 Å². The minimum absolute atomic E-state index is 0.236. The Labute approximate surface area is 93.3 Å². The zero-order chi connectivity index (χ0) is 10.8. The first-order valence-electron chi connectivity index (χ1n) is 5.18. The zero-order valence-corrected chi connectivity index (χ0v) is 9.54. The average molecular weight is 225 g/mol. The zero-order valence-electron chi connectivity index (χ0n) is 8.72. The van der Waals surface area contributed by atoms with Crippen molar-refractivity contribution in [2.75, 3.05) is 18.0 Å². The van der Waals surface area contributed by atoms with Crippen molar-refractivity contribution >= 4 is 22.6 Å². The number of aldehydes is 1. The summed E-state index contributed by atoms with van der Waals surface area (Å²) in [5.74, 6) is 0.367. The molecular formula is C11H15NO2S. The molecule has 1 aromatic heterocycles. The van der Waals surface area contributed by atoms with E-state index in [1.54, 1.807) is 0 Å². The van der Waals surface area contributed by atoms with Crippen molar-refractivity contribution in [2.24, 2.45) is 5.92 Å². The fourth-order valence-corrected chi connectivity index (χ4v) is 2.81. The first-order valence-corrected chi connectivity index (χ1v) is 6.00. The van der Waals surface area contributed by atoms with Gasteiger partial charge in [-0.25, -0.2) is 0 Å². The molecule has 0 saturated carbocycles. The number of carbonyl (C=O) groups is 1. The Kier molecular flexibility index (Phi) is 3.07. The number of thiophene rings is 1. The van der Waals surface area contributed by atoms with Gasteiger partial charge in [-0.15, -0.1) is 11.3 Å². The van der Waals surface area contributed by atoms with Crippen LogP contribution in [0.4, 0.5) is 5.00 Å². The van der Waals surface area contributed by atoms with E-state index in [0.29, 0.717) is 5.92 Å². The van der Waals surface area contributed by atoms with Crippen LogP contribution in [0.5, 0.6) is 0 Å². The van der Waals surface area contributed by atoms with Crippen LogP contribution in [0.25, 0.3) is 0 Å². The van der Waals surface area contributed by atoms with E-state index in [0.717, 1.165) is 35.7 Å². The molecule has 3 nitrogen and oxygen atoms in total. The number of carbonyl (C=O) groups excluding carboxylic acids is 1. The predicted molar refractivity (Wildman–Crippen MR) is 61.7 cm³/mol. The van der Waals surface area contributed by atoms with Crippen molar-refractivity contribution in [2.45, 2.75) is 19.4 Å². The van der Waals surface area contributed by atoms with Gasteiger partial charge in [0.25, 0.3) is 0 Å². The van der Waals surface area contributed by atoms with E-state index in [1.807, 2.05) is 19.1 Å². The van der Waals surface area contributed by atoms with Gasteiger partial charge in [-0.3, -0.25) is 4.79 Å². The highest BCUT2D eigenvalue weighted by molar-refractivity contribution is 7.17. The van der Waals surface area contributed by atoms with E-state index in [9.17, 15) is 9.90 Å². The van der Waals surface area contributed by atoms with E-state index < -0.39 is 0 Å². The molecular weight excluding hydrogens is 210 g/mol. The fraction of sp³-hybridized carbons (Fsp3) is 0.545. The molecule has 15 heavy (non-hydrogen) atoms. The lowest BCUT2D eigenvalue weighted by Gasteiger charge is -2.17. The Morgan fingerprint density at radius 3 is 3.00 bits per heavy atom. The van der Waals surface area contributed by atoms with Crippen molar-refractivity contribution in [3.63, 3.8) is 0 Å². The van der Waals surface area contributed by atoms with Crippen LogP contribution in [-0.2, 0) is 0 Å². The standard InChI is InChI=1S/C11H15NO2S/c1-8(14)9-4-5-12(6-9)11-3-2-10(7-13)15-11/h2-3,7-9,14H,4-6H2,1H3. The molecule has 0 aliphatic carbocycles. The predicted octanol–water partition coefficient (Wildman–Crippen LogP) is 1.77. The molecule has 0 amide bonds. The van der Waals surface area contributed by atoms with Gasteiger partial charge in [0, 0.05) is 19.0 Å². The molecule has 0 spiro atoms. The maximum absolute atomic E-state index is 10.6. The van der Waals surface area contributed by atoms with E-state index in [4.69, 9.17) is 0 Å². The quantitative estimate of drug-likeness (QED) is 0.797. The molecule has 0 radical (unpaired) electrons. The van der Waals surface area contributed by atoms with E-state index in [1.165, 1.54) is 11.3 Å². The van der Waals surface area contributed by atoms with Crippen LogP contribution >= 0.6 is 11.3 Å². The Bertz CT molecular complexity index is 348. The molecule has 1 fully saturated rings. The van der Waals surface area contributed by atoms with Crippen molar-refractivity contribution in [3.8, 4) is 0 Å². The van der Waals surface area contributed by atoms with Gasteiger partial charge >= 0.3 is 0 Å². The Hall–Kier alpha value is -0.870. The summed E-state index contributed by atoms with van der Waals surface area (Å²) in [7, 11) is 0. The smallest absolute Gasteiger partial charge is 0.160 e. The lowest BCUT2D eigenvalue weighted by molar-refractivity contribution is 0.112. The van der Waals surface area contributed by atoms with Crippen LogP contribution in [-0.4, -0.2) is 30.6 Å². The molecule has 2 unspecified atom stereocenters. The lowest BCUT2D eigenvalue weighted by atomic mass is 10.0. The van der Waals surface area contributed by atoms with Gasteiger partial charge in [-0.05, 0) is 25.5 Å². The SMILES string of the molecule is CC(O)C1CCN(c2ccc(C=O)s2)C1. The maximum atomic E-state index is 10.6. The summed E-state index contributed by atoms with van der Waals surface area (Å²) in [4.78, 5) is 13.6. The van der Waals surface area contributed by atoms with Crippen LogP contribution in [0.2, 0.25) is 0 Å². The van der Waals surface area contributed by atoms with Gasteiger partial charge in [0.1, 0.15) is 0 Å². The number of aliphatic hydroxyl groups is 1. The topological polar surface area (TPSA) is 40.5 Å². The van der Waals surface area contributed by atoms with Crippen LogP contribution in [0.3, 0.4) is 0 Å². The van der Waals surface area contributed by atoms with Crippen LogP contribution in [0.15, 0.2) is 12.1 Å². The number of nitrogens with zero attached hydrogens (tertiary/aromatic N) is 1. The molecule has 1 N–H and O–H groups in total. The third-order valence-electron chi connectivity index (χ3n) is 2.95. The molecule has 4 heteroatoms. The van der Waals surface area contributed by atoms with Gasteiger partial charge in [0.05, 0.1) is 16.0 Å². The summed E-state index contributed by atoms with van der Waals surface area (Å²) in [6.45, 7) is 3.73. The molecule has 2 heterocycles. The van der Waals surface area contributed by atoms with Gasteiger partial charge < -0.3 is 10.0 Å². The number of rotatable bonds is 3. The molecule has 1 aliphatic heterocycles. The molecule has 1 aromatic rings. The summed E-state index contributed by atoms with van der Waals surface area (Å²) in [6.07, 6.45) is 1.68. The van der Waals surface area contributed by atoms with Gasteiger partial charge in [0.15, 0.2) is 6.29 Å². The Morgan fingerprint density at radius 2 is 2.47 bits per heavy atom. The summed E-state index contributed by atoms with van der Waals surface area (Å²) >= 11 is 1.52. The lowest BCUT2D eigenvalue weighted by Crippen LogP contribution is -2.23. The highest BCUT2D eigenvalue weighted by atomic mass is 32.1. The van der Waals surface area contributed by atoms with Crippen molar-refractivity contribution in [3.05, 3.63) is 17.0 Å². The number of anilines is 1. The van der Waals surface area contributed by atoms with E-state index in [2.05, 4.69) is 4.90 Å². The van der Waals surface area contributed by atoms with Gasteiger partial charge in [-0.1, -0.05) is 0 Å². The fourth-order valence-electron chi connectivity index (χ4n) is 1.96. The molecule has 0 aromatic carbocycles. The third kappa shape index (κ3) is 2.21. The number of hydrogen-bond acceptors (Lipinski definition) is 4. The highest BCUT2D eigenvalue weighted by Crippen LogP contribution is 2.30. The molecule has 1 aliphatic rings. The highest BCUT2D eigenvalue weighted by Gasteiger charge is 2.26. The summed E-state index contributed by atoms with van der Waals surface area (Å²) in [5, 5.41) is 10.6.